The molecule has 0 bridgehead atoms. The molecule has 0 aliphatic carbocycles. The number of hydrogen-bond acceptors (Lipinski definition) is 5. The first-order chi connectivity index (χ1) is 9.81. The summed E-state index contributed by atoms with van der Waals surface area (Å²) in [5.74, 6) is 0. The largest absolute Gasteiger partial charge is 0.384 e. The maximum atomic E-state index is 11.4. The third-order valence-corrected chi connectivity index (χ3v) is 5.66. The van der Waals surface area contributed by atoms with Gasteiger partial charge in [0.25, 0.3) is 0 Å². The Hall–Kier alpha value is -1.25. The highest BCUT2D eigenvalue weighted by Gasteiger charge is 2.23. The molecule has 7 heteroatoms. The van der Waals surface area contributed by atoms with E-state index in [9.17, 15) is 13.5 Å². The average molecular weight is 326 g/mol. The molecule has 0 amide bonds. The van der Waals surface area contributed by atoms with Crippen LogP contribution in [0.25, 0.3) is 0 Å². The lowest BCUT2D eigenvalue weighted by Gasteiger charge is -2.24. The molecule has 0 radical (unpaired) electrons. The molecule has 5 nitrogen and oxygen atoms in total. The van der Waals surface area contributed by atoms with E-state index in [0.717, 1.165) is 16.9 Å². The molecular formula is C14H18N2O3S2. The van der Waals surface area contributed by atoms with E-state index in [-0.39, 0.29) is 4.21 Å². The summed E-state index contributed by atoms with van der Waals surface area (Å²) >= 11 is 1.10. The van der Waals surface area contributed by atoms with Crippen LogP contribution in [0.1, 0.15) is 18.1 Å². The quantitative estimate of drug-likeness (QED) is 0.748. The van der Waals surface area contributed by atoms with Crippen LogP contribution in [0, 0.1) is 0 Å². The Bertz CT molecular complexity index is 694. The SMILES string of the molecule is C[C@](O)(CNCc1ccsc1S(N)(=O)=O)c1ccccc1. The predicted molar refractivity (Wildman–Crippen MR) is 83.4 cm³/mol. The lowest BCUT2D eigenvalue weighted by atomic mass is 9.96. The highest BCUT2D eigenvalue weighted by Crippen LogP contribution is 2.22. The summed E-state index contributed by atoms with van der Waals surface area (Å²) < 4.78 is 23.0. The van der Waals surface area contributed by atoms with E-state index in [1.165, 1.54) is 0 Å². The van der Waals surface area contributed by atoms with E-state index in [1.54, 1.807) is 18.4 Å². The van der Waals surface area contributed by atoms with Crippen molar-refractivity contribution in [2.24, 2.45) is 5.14 Å². The van der Waals surface area contributed by atoms with Gasteiger partial charge in [-0.3, -0.25) is 0 Å². The zero-order chi connectivity index (χ0) is 15.5. The number of aliphatic hydroxyl groups is 1. The Kier molecular flexibility index (Phi) is 4.80. The molecule has 1 aromatic heterocycles. The minimum atomic E-state index is -3.69. The predicted octanol–water partition coefficient (Wildman–Crippen LogP) is 1.39. The fourth-order valence-corrected chi connectivity index (χ4v) is 3.90. The first-order valence-electron chi connectivity index (χ1n) is 6.38. The summed E-state index contributed by atoms with van der Waals surface area (Å²) in [5.41, 5.74) is 0.389. The summed E-state index contributed by atoms with van der Waals surface area (Å²) in [6, 6.07) is 11.0. The van der Waals surface area contributed by atoms with Crippen molar-refractivity contribution in [1.29, 1.82) is 0 Å². The number of nitrogens with one attached hydrogen (secondary N) is 1. The monoisotopic (exact) mass is 326 g/mol. The summed E-state index contributed by atoms with van der Waals surface area (Å²) in [4.78, 5) is 0. The number of nitrogens with two attached hydrogens (primary N) is 1. The second-order valence-corrected chi connectivity index (χ2v) is 7.69. The Morgan fingerprint density at radius 3 is 2.57 bits per heavy atom. The number of sulfonamides is 1. The number of primary sulfonamides is 1. The zero-order valence-electron chi connectivity index (χ0n) is 11.6. The highest BCUT2D eigenvalue weighted by molar-refractivity contribution is 7.91. The normalized spacial score (nSPS) is 14.8. The molecule has 0 unspecified atom stereocenters. The Labute approximate surface area is 128 Å². The lowest BCUT2D eigenvalue weighted by Crippen LogP contribution is -2.35. The van der Waals surface area contributed by atoms with Gasteiger partial charge >= 0.3 is 0 Å². The van der Waals surface area contributed by atoms with Gasteiger partial charge in [0.2, 0.25) is 10.0 Å². The van der Waals surface area contributed by atoms with Crippen LogP contribution in [0.15, 0.2) is 46.0 Å². The van der Waals surface area contributed by atoms with Gasteiger partial charge in [0.15, 0.2) is 0 Å². The van der Waals surface area contributed by atoms with E-state index in [4.69, 9.17) is 5.14 Å². The van der Waals surface area contributed by atoms with E-state index < -0.39 is 15.6 Å². The summed E-state index contributed by atoms with van der Waals surface area (Å²) in [7, 11) is -3.69. The molecule has 2 aromatic rings. The zero-order valence-corrected chi connectivity index (χ0v) is 13.2. The molecule has 21 heavy (non-hydrogen) atoms. The van der Waals surface area contributed by atoms with Crippen LogP contribution in [0.4, 0.5) is 0 Å². The topological polar surface area (TPSA) is 92.4 Å². The molecule has 0 aliphatic rings. The van der Waals surface area contributed by atoms with Gasteiger partial charge in [-0.05, 0) is 29.5 Å². The molecule has 0 spiro atoms. The number of thiophene rings is 1. The van der Waals surface area contributed by atoms with Gasteiger partial charge in [-0.25, -0.2) is 13.6 Å². The van der Waals surface area contributed by atoms with Gasteiger partial charge < -0.3 is 10.4 Å². The number of rotatable bonds is 6. The third kappa shape index (κ3) is 4.12. The van der Waals surface area contributed by atoms with Crippen LogP contribution in [-0.4, -0.2) is 20.1 Å². The second-order valence-electron chi connectivity index (χ2n) is 5.02. The molecular weight excluding hydrogens is 308 g/mol. The van der Waals surface area contributed by atoms with Gasteiger partial charge in [0.05, 0.1) is 5.60 Å². The van der Waals surface area contributed by atoms with Crippen LogP contribution < -0.4 is 10.5 Å². The van der Waals surface area contributed by atoms with Crippen LogP contribution in [0.3, 0.4) is 0 Å². The molecule has 114 valence electrons. The van der Waals surface area contributed by atoms with Crippen molar-refractivity contribution in [1.82, 2.24) is 5.32 Å². The standard InChI is InChI=1S/C14H18N2O3S2/c1-14(17,12-5-3-2-4-6-12)10-16-9-11-7-8-20-13(11)21(15,18)19/h2-8,16-17H,9-10H2,1H3,(H2,15,18,19)/t14-/m0/s1. The van der Waals surface area contributed by atoms with Crippen LogP contribution in [0.2, 0.25) is 0 Å². The smallest absolute Gasteiger partial charge is 0.247 e. The van der Waals surface area contributed by atoms with Crippen molar-refractivity contribution in [3.8, 4) is 0 Å². The molecule has 0 saturated carbocycles. The molecule has 1 aromatic carbocycles. The van der Waals surface area contributed by atoms with E-state index in [0.29, 0.717) is 18.7 Å². The van der Waals surface area contributed by atoms with Crippen LogP contribution in [-0.2, 0) is 22.2 Å². The van der Waals surface area contributed by atoms with Gasteiger partial charge in [-0.15, -0.1) is 11.3 Å². The average Bonchev–Trinajstić information content (AvgIpc) is 2.88. The molecule has 2 rings (SSSR count). The number of benzene rings is 1. The molecule has 0 fully saturated rings. The fourth-order valence-electron chi connectivity index (χ4n) is 2.04. The van der Waals surface area contributed by atoms with Crippen LogP contribution in [0.5, 0.6) is 0 Å². The first-order valence-corrected chi connectivity index (χ1v) is 8.81. The van der Waals surface area contributed by atoms with Crippen LogP contribution >= 0.6 is 11.3 Å². The molecule has 4 N–H and O–H groups in total. The summed E-state index contributed by atoms with van der Waals surface area (Å²) in [6.07, 6.45) is 0. The van der Waals surface area contributed by atoms with Crippen molar-refractivity contribution < 1.29 is 13.5 Å². The Morgan fingerprint density at radius 2 is 1.95 bits per heavy atom. The maximum absolute atomic E-state index is 11.4. The van der Waals surface area contributed by atoms with E-state index >= 15 is 0 Å². The fraction of sp³-hybridized carbons (Fsp3) is 0.286. The van der Waals surface area contributed by atoms with Crippen molar-refractivity contribution in [2.75, 3.05) is 6.54 Å². The van der Waals surface area contributed by atoms with Crippen molar-refractivity contribution in [2.45, 2.75) is 23.3 Å². The summed E-state index contributed by atoms with van der Waals surface area (Å²) in [5, 5.41) is 20.4. The van der Waals surface area contributed by atoms with Gasteiger partial charge in [0.1, 0.15) is 4.21 Å². The van der Waals surface area contributed by atoms with Gasteiger partial charge in [-0.2, -0.15) is 0 Å². The Balaban J connectivity index is 2.01. The molecule has 1 heterocycles. The second kappa shape index (κ2) is 6.25. The highest BCUT2D eigenvalue weighted by atomic mass is 32.2. The Morgan fingerprint density at radius 1 is 1.29 bits per heavy atom. The minimum Gasteiger partial charge on any atom is -0.384 e. The van der Waals surface area contributed by atoms with Crippen molar-refractivity contribution in [3.05, 3.63) is 52.9 Å². The van der Waals surface area contributed by atoms with Gasteiger partial charge in [0, 0.05) is 13.1 Å². The van der Waals surface area contributed by atoms with E-state index in [2.05, 4.69) is 5.32 Å². The maximum Gasteiger partial charge on any atom is 0.247 e. The molecule has 1 atom stereocenters. The minimum absolute atomic E-state index is 0.161. The molecule has 0 saturated heterocycles. The van der Waals surface area contributed by atoms with E-state index in [1.807, 2.05) is 30.3 Å². The van der Waals surface area contributed by atoms with Crippen molar-refractivity contribution in [3.63, 3.8) is 0 Å². The molecule has 0 aliphatic heterocycles. The lowest BCUT2D eigenvalue weighted by molar-refractivity contribution is 0.0566. The van der Waals surface area contributed by atoms with Crippen molar-refractivity contribution >= 4 is 21.4 Å². The van der Waals surface area contributed by atoms with Gasteiger partial charge in [-0.1, -0.05) is 30.3 Å². The number of hydrogen-bond donors (Lipinski definition) is 3. The first kappa shape index (κ1) is 16.1. The third-order valence-electron chi connectivity index (χ3n) is 3.15. The summed E-state index contributed by atoms with van der Waals surface area (Å²) in [6.45, 7) is 2.35.